The molecule has 0 bridgehead atoms. The first kappa shape index (κ1) is 11.4. The molecule has 0 unspecified atom stereocenters. The lowest BCUT2D eigenvalue weighted by Crippen LogP contribution is -2.40. The third-order valence-electron chi connectivity index (χ3n) is 3.02. The number of nitrogens with one attached hydrogen (secondary N) is 1. The molecule has 2 heterocycles. The quantitative estimate of drug-likeness (QED) is 0.879. The summed E-state index contributed by atoms with van der Waals surface area (Å²) in [5.41, 5.74) is 0. The van der Waals surface area contributed by atoms with Crippen LogP contribution in [0.5, 0.6) is 0 Å². The molecular weight excluding hydrogens is 228 g/mol. The Morgan fingerprint density at radius 2 is 2.27 bits per heavy atom. The molecule has 1 fully saturated rings. The molecule has 1 aromatic heterocycles. The number of rotatable bonds is 3. The van der Waals surface area contributed by atoms with Crippen molar-refractivity contribution in [2.75, 3.05) is 20.1 Å². The molecular formula is C11H17ClN2S. The molecule has 1 saturated heterocycles. The Bertz CT molecular complexity index is 307. The molecule has 0 atom stereocenters. The normalized spacial score (nSPS) is 18.6. The first-order valence-corrected chi connectivity index (χ1v) is 6.66. The number of nitrogens with zero attached hydrogens (tertiary/aromatic N) is 1. The first-order chi connectivity index (χ1) is 7.27. The largest absolute Gasteiger partial charge is 0.317 e. The second-order valence-corrected chi connectivity index (χ2v) is 5.50. The fraction of sp³-hybridized carbons (Fsp3) is 0.636. The van der Waals surface area contributed by atoms with Crippen molar-refractivity contribution in [2.45, 2.75) is 25.4 Å². The first-order valence-electron chi connectivity index (χ1n) is 5.40. The highest BCUT2D eigenvalue weighted by Gasteiger charge is 2.18. The van der Waals surface area contributed by atoms with E-state index >= 15 is 0 Å². The summed E-state index contributed by atoms with van der Waals surface area (Å²) in [5, 5.41) is 6.37. The van der Waals surface area contributed by atoms with Crippen LogP contribution in [0.1, 0.15) is 17.7 Å². The Morgan fingerprint density at radius 1 is 1.53 bits per heavy atom. The summed E-state index contributed by atoms with van der Waals surface area (Å²) in [6.45, 7) is 3.28. The Labute approximate surface area is 100 Å². The molecule has 2 rings (SSSR count). The summed E-state index contributed by atoms with van der Waals surface area (Å²) >= 11 is 7.85. The molecule has 1 aliphatic heterocycles. The molecule has 0 aliphatic carbocycles. The Hall–Kier alpha value is -0.0900. The Kier molecular flexibility index (Phi) is 4.03. The SMILES string of the molecule is CN(Cc1sccc1Cl)C1CCNCC1. The molecule has 2 nitrogen and oxygen atoms in total. The summed E-state index contributed by atoms with van der Waals surface area (Å²) in [6, 6.07) is 2.70. The van der Waals surface area contributed by atoms with E-state index in [0.717, 1.165) is 24.7 Å². The second-order valence-electron chi connectivity index (χ2n) is 4.09. The zero-order chi connectivity index (χ0) is 10.7. The van der Waals surface area contributed by atoms with Gasteiger partial charge >= 0.3 is 0 Å². The van der Waals surface area contributed by atoms with Gasteiger partial charge in [0, 0.05) is 17.5 Å². The van der Waals surface area contributed by atoms with E-state index in [9.17, 15) is 0 Å². The lowest BCUT2D eigenvalue weighted by atomic mass is 10.1. The minimum Gasteiger partial charge on any atom is -0.317 e. The smallest absolute Gasteiger partial charge is 0.0558 e. The topological polar surface area (TPSA) is 15.3 Å². The molecule has 1 N–H and O–H groups in total. The maximum absolute atomic E-state index is 6.09. The van der Waals surface area contributed by atoms with Crippen LogP contribution in [0.2, 0.25) is 5.02 Å². The van der Waals surface area contributed by atoms with Crippen molar-refractivity contribution < 1.29 is 0 Å². The fourth-order valence-corrected chi connectivity index (χ4v) is 3.20. The van der Waals surface area contributed by atoms with Crippen molar-refractivity contribution in [3.8, 4) is 0 Å². The molecule has 4 heteroatoms. The van der Waals surface area contributed by atoms with Crippen molar-refractivity contribution in [2.24, 2.45) is 0 Å². The lowest BCUT2D eigenvalue weighted by molar-refractivity contribution is 0.193. The molecule has 0 saturated carbocycles. The van der Waals surface area contributed by atoms with Gasteiger partial charge < -0.3 is 5.32 Å². The second kappa shape index (κ2) is 5.30. The van der Waals surface area contributed by atoms with Gasteiger partial charge in [-0.05, 0) is 44.4 Å². The van der Waals surface area contributed by atoms with Crippen molar-refractivity contribution in [1.29, 1.82) is 0 Å². The van der Waals surface area contributed by atoms with E-state index in [1.807, 2.05) is 6.07 Å². The van der Waals surface area contributed by atoms with Crippen molar-refractivity contribution in [1.82, 2.24) is 10.2 Å². The zero-order valence-electron chi connectivity index (χ0n) is 9.00. The van der Waals surface area contributed by atoms with Gasteiger partial charge in [-0.25, -0.2) is 0 Å². The van der Waals surface area contributed by atoms with Gasteiger partial charge in [-0.2, -0.15) is 0 Å². The van der Waals surface area contributed by atoms with Gasteiger partial charge in [-0.3, -0.25) is 4.90 Å². The predicted molar refractivity (Wildman–Crippen MR) is 66.7 cm³/mol. The predicted octanol–water partition coefficient (Wildman–Crippen LogP) is 2.59. The van der Waals surface area contributed by atoms with Crippen molar-refractivity contribution in [3.05, 3.63) is 21.3 Å². The van der Waals surface area contributed by atoms with Gasteiger partial charge in [0.15, 0.2) is 0 Å². The maximum Gasteiger partial charge on any atom is 0.0558 e. The van der Waals surface area contributed by atoms with Crippen LogP contribution in [-0.4, -0.2) is 31.1 Å². The third-order valence-corrected chi connectivity index (χ3v) is 4.39. The summed E-state index contributed by atoms with van der Waals surface area (Å²) in [5.74, 6) is 0. The Morgan fingerprint density at radius 3 is 2.87 bits per heavy atom. The molecule has 0 radical (unpaired) electrons. The van der Waals surface area contributed by atoms with E-state index in [4.69, 9.17) is 11.6 Å². The van der Waals surface area contributed by atoms with E-state index in [2.05, 4.69) is 22.6 Å². The van der Waals surface area contributed by atoms with E-state index in [-0.39, 0.29) is 0 Å². The molecule has 0 aromatic carbocycles. The van der Waals surface area contributed by atoms with E-state index < -0.39 is 0 Å². The van der Waals surface area contributed by atoms with Crippen LogP contribution < -0.4 is 5.32 Å². The molecule has 1 aromatic rings. The maximum atomic E-state index is 6.09. The summed E-state index contributed by atoms with van der Waals surface area (Å²) in [7, 11) is 2.20. The van der Waals surface area contributed by atoms with E-state index in [0.29, 0.717) is 6.04 Å². The van der Waals surface area contributed by atoms with Crippen molar-refractivity contribution in [3.63, 3.8) is 0 Å². The van der Waals surface area contributed by atoms with Crippen molar-refractivity contribution >= 4 is 22.9 Å². The van der Waals surface area contributed by atoms with Crippen LogP contribution in [0.3, 0.4) is 0 Å². The summed E-state index contributed by atoms with van der Waals surface area (Å²) < 4.78 is 0. The van der Waals surface area contributed by atoms with Gasteiger partial charge in [-0.1, -0.05) is 11.6 Å². The number of halogens is 1. The standard InChI is InChI=1S/C11H17ClN2S/c1-14(9-2-5-13-6-3-9)8-11-10(12)4-7-15-11/h4,7,9,13H,2-3,5-6,8H2,1H3. The van der Waals surface area contributed by atoms with Crippen LogP contribution in [0.25, 0.3) is 0 Å². The number of hydrogen-bond donors (Lipinski definition) is 1. The van der Waals surface area contributed by atoms with Crippen LogP contribution >= 0.6 is 22.9 Å². The Balaban J connectivity index is 1.91. The summed E-state index contributed by atoms with van der Waals surface area (Å²) in [6.07, 6.45) is 2.50. The van der Waals surface area contributed by atoms with Gasteiger partial charge in [0.1, 0.15) is 0 Å². The van der Waals surface area contributed by atoms with Crippen LogP contribution in [-0.2, 0) is 6.54 Å². The van der Waals surface area contributed by atoms with Gasteiger partial charge in [0.25, 0.3) is 0 Å². The highest BCUT2D eigenvalue weighted by atomic mass is 35.5. The number of piperidine rings is 1. The molecule has 1 aliphatic rings. The zero-order valence-corrected chi connectivity index (χ0v) is 10.6. The average molecular weight is 245 g/mol. The third kappa shape index (κ3) is 2.94. The highest BCUT2D eigenvalue weighted by molar-refractivity contribution is 7.10. The number of thiophene rings is 1. The molecule has 0 spiro atoms. The van der Waals surface area contributed by atoms with Gasteiger partial charge in [-0.15, -0.1) is 11.3 Å². The molecule has 15 heavy (non-hydrogen) atoms. The lowest BCUT2D eigenvalue weighted by Gasteiger charge is -2.31. The van der Waals surface area contributed by atoms with Crippen LogP contribution in [0.4, 0.5) is 0 Å². The minimum absolute atomic E-state index is 0.712. The monoisotopic (exact) mass is 244 g/mol. The molecule has 0 amide bonds. The van der Waals surface area contributed by atoms with Gasteiger partial charge in [0.05, 0.1) is 5.02 Å². The fourth-order valence-electron chi connectivity index (χ4n) is 2.04. The molecule has 84 valence electrons. The van der Waals surface area contributed by atoms with Crippen LogP contribution in [0, 0.1) is 0 Å². The van der Waals surface area contributed by atoms with Gasteiger partial charge in [0.2, 0.25) is 0 Å². The highest BCUT2D eigenvalue weighted by Crippen LogP contribution is 2.24. The average Bonchev–Trinajstić information content (AvgIpc) is 2.66. The van der Waals surface area contributed by atoms with E-state index in [1.165, 1.54) is 17.7 Å². The summed E-state index contributed by atoms with van der Waals surface area (Å²) in [4.78, 5) is 3.72. The van der Waals surface area contributed by atoms with Crippen LogP contribution in [0.15, 0.2) is 11.4 Å². The minimum atomic E-state index is 0.712. The van der Waals surface area contributed by atoms with E-state index in [1.54, 1.807) is 11.3 Å². The number of hydrogen-bond acceptors (Lipinski definition) is 3.